The summed E-state index contributed by atoms with van der Waals surface area (Å²) < 4.78 is 0. The number of amides is 1. The summed E-state index contributed by atoms with van der Waals surface area (Å²) in [5, 5.41) is 20.2. The SMILES string of the molecule is O=C(c1ccc(Cl)c([N+](=O)[O-])c1)N(CCO)C1CCCCC1. The van der Waals surface area contributed by atoms with Gasteiger partial charge < -0.3 is 10.0 Å². The van der Waals surface area contributed by atoms with Crippen LogP contribution in [0.3, 0.4) is 0 Å². The molecule has 1 aliphatic carbocycles. The third kappa shape index (κ3) is 3.75. The van der Waals surface area contributed by atoms with Gasteiger partial charge in [0, 0.05) is 24.2 Å². The van der Waals surface area contributed by atoms with E-state index in [-0.39, 0.29) is 41.4 Å². The van der Waals surface area contributed by atoms with Crippen molar-refractivity contribution in [2.75, 3.05) is 13.2 Å². The van der Waals surface area contributed by atoms with E-state index in [1.807, 2.05) is 0 Å². The zero-order valence-electron chi connectivity index (χ0n) is 12.2. The van der Waals surface area contributed by atoms with Gasteiger partial charge in [0.2, 0.25) is 0 Å². The first kappa shape index (κ1) is 16.7. The van der Waals surface area contributed by atoms with Gasteiger partial charge in [0.25, 0.3) is 11.6 Å². The fourth-order valence-corrected chi connectivity index (χ4v) is 3.09. The molecule has 1 aliphatic rings. The molecule has 7 heteroatoms. The average molecular weight is 327 g/mol. The first-order chi connectivity index (χ1) is 10.5. The van der Waals surface area contributed by atoms with Crippen molar-refractivity contribution in [3.63, 3.8) is 0 Å². The minimum absolute atomic E-state index is 0.00734. The molecule has 0 aromatic heterocycles. The molecule has 6 nitrogen and oxygen atoms in total. The lowest BCUT2D eigenvalue weighted by Gasteiger charge is -2.34. The Balaban J connectivity index is 2.26. The Morgan fingerprint density at radius 3 is 2.64 bits per heavy atom. The molecule has 0 radical (unpaired) electrons. The van der Waals surface area contributed by atoms with Crippen molar-refractivity contribution in [3.05, 3.63) is 38.9 Å². The molecule has 1 saturated carbocycles. The molecule has 2 rings (SSSR count). The van der Waals surface area contributed by atoms with E-state index in [0.29, 0.717) is 0 Å². The molecule has 0 atom stereocenters. The Bertz CT molecular complexity index is 558. The Kier molecular flexibility index (Phi) is 5.74. The molecule has 0 saturated heterocycles. The number of carbonyl (C=O) groups excluding carboxylic acids is 1. The number of aliphatic hydroxyl groups is 1. The molecule has 1 aromatic carbocycles. The number of halogens is 1. The van der Waals surface area contributed by atoms with Gasteiger partial charge in [0.15, 0.2) is 0 Å². The number of carbonyl (C=O) groups is 1. The van der Waals surface area contributed by atoms with Crippen molar-refractivity contribution in [1.29, 1.82) is 0 Å². The predicted octanol–water partition coefficient (Wildman–Crippen LogP) is 3.02. The van der Waals surface area contributed by atoms with Crippen LogP contribution in [0.4, 0.5) is 5.69 Å². The summed E-state index contributed by atoms with van der Waals surface area (Å²) in [5.74, 6) is -0.291. The highest BCUT2D eigenvalue weighted by Gasteiger charge is 2.27. The summed E-state index contributed by atoms with van der Waals surface area (Å²) in [7, 11) is 0. The van der Waals surface area contributed by atoms with Crippen LogP contribution in [0.2, 0.25) is 5.02 Å². The van der Waals surface area contributed by atoms with Crippen LogP contribution >= 0.6 is 11.6 Å². The Morgan fingerprint density at radius 1 is 1.36 bits per heavy atom. The zero-order valence-corrected chi connectivity index (χ0v) is 13.0. The Morgan fingerprint density at radius 2 is 2.05 bits per heavy atom. The van der Waals surface area contributed by atoms with Gasteiger partial charge in [-0.05, 0) is 25.0 Å². The van der Waals surface area contributed by atoms with E-state index < -0.39 is 4.92 Å². The van der Waals surface area contributed by atoms with Crippen LogP contribution in [0.5, 0.6) is 0 Å². The second-order valence-electron chi connectivity index (χ2n) is 5.44. The van der Waals surface area contributed by atoms with E-state index >= 15 is 0 Å². The largest absolute Gasteiger partial charge is 0.395 e. The van der Waals surface area contributed by atoms with E-state index in [1.54, 1.807) is 4.90 Å². The van der Waals surface area contributed by atoms with Gasteiger partial charge in [-0.1, -0.05) is 30.9 Å². The highest BCUT2D eigenvalue weighted by molar-refractivity contribution is 6.32. The Labute approximate surface area is 133 Å². The summed E-state index contributed by atoms with van der Waals surface area (Å²) in [4.78, 5) is 24.6. The number of rotatable bonds is 5. The van der Waals surface area contributed by atoms with Crippen LogP contribution in [-0.2, 0) is 0 Å². The minimum Gasteiger partial charge on any atom is -0.395 e. The van der Waals surface area contributed by atoms with Crippen LogP contribution in [0, 0.1) is 10.1 Å². The number of hydrogen-bond acceptors (Lipinski definition) is 4. The molecule has 0 bridgehead atoms. The van der Waals surface area contributed by atoms with Crippen LogP contribution in [-0.4, -0.2) is 40.0 Å². The third-order valence-electron chi connectivity index (χ3n) is 4.01. The molecule has 0 spiro atoms. The summed E-state index contributed by atoms with van der Waals surface area (Å²) in [6, 6.07) is 4.15. The van der Waals surface area contributed by atoms with E-state index in [0.717, 1.165) is 32.1 Å². The Hall–Kier alpha value is -1.66. The smallest absolute Gasteiger partial charge is 0.288 e. The van der Waals surface area contributed by atoms with Crippen molar-refractivity contribution in [2.45, 2.75) is 38.1 Å². The molecule has 0 aliphatic heterocycles. The van der Waals surface area contributed by atoms with E-state index in [4.69, 9.17) is 11.6 Å². The lowest BCUT2D eigenvalue weighted by molar-refractivity contribution is -0.384. The quantitative estimate of drug-likeness (QED) is 0.666. The van der Waals surface area contributed by atoms with Crippen LogP contribution in [0.25, 0.3) is 0 Å². The molecule has 1 fully saturated rings. The van der Waals surface area contributed by atoms with Gasteiger partial charge in [-0.15, -0.1) is 0 Å². The van der Waals surface area contributed by atoms with Gasteiger partial charge in [-0.3, -0.25) is 14.9 Å². The summed E-state index contributed by atoms with van der Waals surface area (Å²) in [6.45, 7) is 0.109. The summed E-state index contributed by atoms with van der Waals surface area (Å²) in [5.41, 5.74) is -0.0461. The maximum Gasteiger partial charge on any atom is 0.288 e. The molecule has 0 unspecified atom stereocenters. The molecule has 22 heavy (non-hydrogen) atoms. The van der Waals surface area contributed by atoms with Crippen molar-refractivity contribution in [1.82, 2.24) is 4.90 Å². The topological polar surface area (TPSA) is 83.7 Å². The normalized spacial score (nSPS) is 15.5. The number of aliphatic hydroxyl groups excluding tert-OH is 1. The first-order valence-corrected chi connectivity index (χ1v) is 7.78. The monoisotopic (exact) mass is 326 g/mol. The number of nitro benzene ring substituents is 1. The van der Waals surface area contributed by atoms with Gasteiger partial charge in [0.05, 0.1) is 11.5 Å². The fraction of sp³-hybridized carbons (Fsp3) is 0.533. The van der Waals surface area contributed by atoms with Gasteiger partial charge in [-0.2, -0.15) is 0 Å². The highest BCUT2D eigenvalue weighted by atomic mass is 35.5. The maximum atomic E-state index is 12.7. The van der Waals surface area contributed by atoms with Crippen LogP contribution in [0.15, 0.2) is 18.2 Å². The molecule has 1 N–H and O–H groups in total. The van der Waals surface area contributed by atoms with Gasteiger partial charge in [0.1, 0.15) is 5.02 Å². The number of hydrogen-bond donors (Lipinski definition) is 1. The third-order valence-corrected chi connectivity index (χ3v) is 4.33. The van der Waals surface area contributed by atoms with E-state index in [1.165, 1.54) is 18.2 Å². The lowest BCUT2D eigenvalue weighted by Crippen LogP contribution is -2.43. The van der Waals surface area contributed by atoms with Crippen molar-refractivity contribution >= 4 is 23.2 Å². The predicted molar refractivity (Wildman–Crippen MR) is 83.1 cm³/mol. The lowest BCUT2D eigenvalue weighted by atomic mass is 9.93. The van der Waals surface area contributed by atoms with E-state index in [9.17, 15) is 20.0 Å². The second-order valence-corrected chi connectivity index (χ2v) is 5.84. The second kappa shape index (κ2) is 7.56. The van der Waals surface area contributed by atoms with Crippen LogP contribution in [0.1, 0.15) is 42.5 Å². The van der Waals surface area contributed by atoms with Gasteiger partial charge >= 0.3 is 0 Å². The number of benzene rings is 1. The molecule has 1 aromatic rings. The fourth-order valence-electron chi connectivity index (χ4n) is 2.90. The average Bonchev–Trinajstić information content (AvgIpc) is 2.53. The minimum atomic E-state index is -0.601. The first-order valence-electron chi connectivity index (χ1n) is 7.40. The molecule has 0 heterocycles. The molecular formula is C15H19ClN2O4. The highest BCUT2D eigenvalue weighted by Crippen LogP contribution is 2.28. The summed E-state index contributed by atoms with van der Waals surface area (Å²) in [6.07, 6.45) is 5.08. The van der Waals surface area contributed by atoms with Crippen LogP contribution < -0.4 is 0 Å². The van der Waals surface area contributed by atoms with Crippen molar-refractivity contribution in [2.24, 2.45) is 0 Å². The molecule has 120 valence electrons. The molecule has 1 amide bonds. The van der Waals surface area contributed by atoms with Gasteiger partial charge in [-0.25, -0.2) is 0 Å². The number of nitro groups is 1. The van der Waals surface area contributed by atoms with E-state index in [2.05, 4.69) is 0 Å². The molecular weight excluding hydrogens is 308 g/mol. The van der Waals surface area contributed by atoms with Crippen molar-refractivity contribution in [3.8, 4) is 0 Å². The maximum absolute atomic E-state index is 12.7. The van der Waals surface area contributed by atoms with Crippen molar-refractivity contribution < 1.29 is 14.8 Å². The number of nitrogens with zero attached hydrogens (tertiary/aromatic N) is 2. The zero-order chi connectivity index (χ0) is 16.1. The standard InChI is InChI=1S/C15H19ClN2O4/c16-13-7-6-11(10-14(13)18(21)22)15(20)17(8-9-19)12-4-2-1-3-5-12/h6-7,10,12,19H,1-5,8-9H2. The summed E-state index contributed by atoms with van der Waals surface area (Å²) >= 11 is 5.78.